The van der Waals surface area contributed by atoms with Crippen LogP contribution in [0.2, 0.25) is 0 Å². The van der Waals surface area contributed by atoms with Gasteiger partial charge in [0, 0.05) is 29.6 Å². The van der Waals surface area contributed by atoms with E-state index in [-0.39, 0.29) is 17.8 Å². The maximum atomic E-state index is 11.8. The first-order chi connectivity index (χ1) is 12.6. The molecule has 0 aliphatic rings. The van der Waals surface area contributed by atoms with Crippen LogP contribution in [-0.4, -0.2) is 26.4 Å². The third kappa shape index (κ3) is 4.04. The SMILES string of the molecule is C/C=C/C=C/C(=O)Nc1nc2scc(-c3ccc(NC(C)=O)cc3)n2n1. The minimum Gasteiger partial charge on any atom is -0.326 e. The molecule has 2 aromatic heterocycles. The molecule has 3 rings (SSSR count). The van der Waals surface area contributed by atoms with Crippen molar-refractivity contribution in [3.05, 3.63) is 53.9 Å². The maximum absolute atomic E-state index is 11.8. The Morgan fingerprint density at radius 3 is 2.62 bits per heavy atom. The predicted molar refractivity (Wildman–Crippen MR) is 103 cm³/mol. The number of allylic oxidation sites excluding steroid dienone is 3. The molecule has 0 atom stereocenters. The average Bonchev–Trinajstić information content (AvgIpc) is 3.15. The molecule has 3 aromatic rings. The molecule has 7 nitrogen and oxygen atoms in total. The second-order valence-corrected chi connectivity index (χ2v) is 6.22. The lowest BCUT2D eigenvalue weighted by Crippen LogP contribution is -2.09. The number of hydrogen-bond acceptors (Lipinski definition) is 5. The van der Waals surface area contributed by atoms with Crippen LogP contribution in [0.25, 0.3) is 16.2 Å². The number of aromatic nitrogens is 3. The minimum atomic E-state index is -0.289. The van der Waals surface area contributed by atoms with Crippen LogP contribution in [0.5, 0.6) is 0 Å². The van der Waals surface area contributed by atoms with E-state index in [1.807, 2.05) is 42.6 Å². The summed E-state index contributed by atoms with van der Waals surface area (Å²) in [5.41, 5.74) is 2.52. The van der Waals surface area contributed by atoms with Crippen molar-refractivity contribution >= 4 is 39.7 Å². The zero-order valence-electron chi connectivity index (χ0n) is 14.3. The number of nitrogens with zero attached hydrogens (tertiary/aromatic N) is 3. The number of carbonyl (C=O) groups is 2. The van der Waals surface area contributed by atoms with Gasteiger partial charge in [-0.25, -0.2) is 4.52 Å². The molecule has 0 spiro atoms. The van der Waals surface area contributed by atoms with Crippen molar-refractivity contribution in [3.8, 4) is 11.3 Å². The van der Waals surface area contributed by atoms with Gasteiger partial charge in [0.25, 0.3) is 11.9 Å². The molecular weight excluding hydrogens is 350 g/mol. The molecule has 0 bridgehead atoms. The van der Waals surface area contributed by atoms with E-state index in [2.05, 4.69) is 20.7 Å². The van der Waals surface area contributed by atoms with Gasteiger partial charge >= 0.3 is 0 Å². The monoisotopic (exact) mass is 367 g/mol. The Balaban J connectivity index is 1.81. The van der Waals surface area contributed by atoms with Crippen LogP contribution < -0.4 is 10.6 Å². The van der Waals surface area contributed by atoms with Crippen molar-refractivity contribution in [3.63, 3.8) is 0 Å². The van der Waals surface area contributed by atoms with Crippen LogP contribution in [0.4, 0.5) is 11.6 Å². The number of carbonyl (C=O) groups excluding carboxylic acids is 2. The molecule has 132 valence electrons. The molecule has 8 heteroatoms. The summed E-state index contributed by atoms with van der Waals surface area (Å²) in [4.78, 5) is 27.9. The van der Waals surface area contributed by atoms with E-state index in [1.54, 1.807) is 16.7 Å². The molecule has 0 unspecified atom stereocenters. The van der Waals surface area contributed by atoms with Gasteiger partial charge in [0.1, 0.15) is 0 Å². The first-order valence-electron chi connectivity index (χ1n) is 7.89. The molecule has 0 saturated carbocycles. The van der Waals surface area contributed by atoms with Gasteiger partial charge in [-0.3, -0.25) is 14.9 Å². The lowest BCUT2D eigenvalue weighted by molar-refractivity contribution is -0.114. The van der Waals surface area contributed by atoms with Crippen molar-refractivity contribution in [1.29, 1.82) is 0 Å². The van der Waals surface area contributed by atoms with Gasteiger partial charge in [-0.05, 0) is 19.1 Å². The first-order valence-corrected chi connectivity index (χ1v) is 8.77. The highest BCUT2D eigenvalue weighted by Gasteiger charge is 2.12. The summed E-state index contributed by atoms with van der Waals surface area (Å²) >= 11 is 1.43. The lowest BCUT2D eigenvalue weighted by Gasteiger charge is -2.03. The fraction of sp³-hybridized carbons (Fsp3) is 0.111. The van der Waals surface area contributed by atoms with E-state index in [1.165, 1.54) is 24.3 Å². The molecule has 2 amide bonds. The summed E-state index contributed by atoms with van der Waals surface area (Å²) in [6.45, 7) is 3.34. The van der Waals surface area contributed by atoms with Crippen molar-refractivity contribution in [2.75, 3.05) is 10.6 Å². The van der Waals surface area contributed by atoms with Crippen molar-refractivity contribution in [2.24, 2.45) is 0 Å². The van der Waals surface area contributed by atoms with Gasteiger partial charge in [-0.15, -0.1) is 16.4 Å². The van der Waals surface area contributed by atoms with E-state index in [0.29, 0.717) is 4.96 Å². The number of anilines is 2. The first kappa shape index (κ1) is 17.6. The van der Waals surface area contributed by atoms with Gasteiger partial charge in [-0.2, -0.15) is 4.98 Å². The predicted octanol–water partition coefficient (Wildman–Crippen LogP) is 3.49. The fourth-order valence-electron chi connectivity index (χ4n) is 2.27. The zero-order valence-corrected chi connectivity index (χ0v) is 15.1. The zero-order chi connectivity index (χ0) is 18.5. The number of benzene rings is 1. The molecule has 0 fully saturated rings. The highest BCUT2D eigenvalue weighted by Crippen LogP contribution is 2.27. The Labute approximate surface area is 154 Å². The van der Waals surface area contributed by atoms with Gasteiger partial charge in [0.2, 0.25) is 10.9 Å². The summed E-state index contributed by atoms with van der Waals surface area (Å²) in [5, 5.41) is 11.7. The Kier molecular flexibility index (Phi) is 5.23. The Morgan fingerprint density at radius 1 is 1.15 bits per heavy atom. The van der Waals surface area contributed by atoms with Gasteiger partial charge in [0.15, 0.2) is 0 Å². The van der Waals surface area contributed by atoms with Crippen molar-refractivity contribution < 1.29 is 9.59 Å². The molecule has 2 N–H and O–H groups in total. The second kappa shape index (κ2) is 7.75. The van der Waals surface area contributed by atoms with Crippen molar-refractivity contribution in [2.45, 2.75) is 13.8 Å². The van der Waals surface area contributed by atoms with Crippen LogP contribution in [0, 0.1) is 0 Å². The number of rotatable bonds is 5. The Morgan fingerprint density at radius 2 is 1.92 bits per heavy atom. The standard InChI is InChI=1S/C18H17N5O2S/c1-3-4-5-6-16(25)20-17-21-18-23(22-17)15(11-26-18)13-7-9-14(10-8-13)19-12(2)24/h3-11H,1-2H3,(H,19,24)(H,20,22,25)/b4-3+,6-5+. The highest BCUT2D eigenvalue weighted by molar-refractivity contribution is 7.15. The summed E-state index contributed by atoms with van der Waals surface area (Å²) in [6, 6.07) is 7.44. The lowest BCUT2D eigenvalue weighted by atomic mass is 10.1. The number of hydrogen-bond donors (Lipinski definition) is 2. The highest BCUT2D eigenvalue weighted by atomic mass is 32.1. The van der Waals surface area contributed by atoms with Crippen LogP contribution in [-0.2, 0) is 9.59 Å². The van der Waals surface area contributed by atoms with Crippen molar-refractivity contribution in [1.82, 2.24) is 14.6 Å². The topological polar surface area (TPSA) is 88.4 Å². The van der Waals surface area contributed by atoms with E-state index >= 15 is 0 Å². The number of thiazole rings is 1. The number of amides is 2. The second-order valence-electron chi connectivity index (χ2n) is 5.38. The van der Waals surface area contributed by atoms with E-state index in [0.717, 1.165) is 16.9 Å². The summed E-state index contributed by atoms with van der Waals surface area (Å²) in [5.74, 6) is -0.151. The Hall–Kier alpha value is -3.26. The third-order valence-electron chi connectivity index (χ3n) is 3.37. The molecule has 0 aliphatic heterocycles. The van der Waals surface area contributed by atoms with Crippen LogP contribution in [0.15, 0.2) is 53.9 Å². The van der Waals surface area contributed by atoms with Gasteiger partial charge in [-0.1, -0.05) is 30.4 Å². The fourth-order valence-corrected chi connectivity index (χ4v) is 3.10. The summed E-state index contributed by atoms with van der Waals surface area (Å²) in [7, 11) is 0. The van der Waals surface area contributed by atoms with Gasteiger partial charge in [0.05, 0.1) is 5.69 Å². The number of fused-ring (bicyclic) bond motifs is 1. The molecule has 2 heterocycles. The minimum absolute atomic E-state index is 0.115. The molecular formula is C18H17N5O2S. The normalized spacial score (nSPS) is 11.5. The van der Waals surface area contributed by atoms with Crippen LogP contribution in [0.3, 0.4) is 0 Å². The Bertz CT molecular complexity index is 998. The van der Waals surface area contributed by atoms with E-state index in [9.17, 15) is 9.59 Å². The molecule has 0 radical (unpaired) electrons. The largest absolute Gasteiger partial charge is 0.326 e. The molecule has 0 saturated heterocycles. The molecule has 26 heavy (non-hydrogen) atoms. The van der Waals surface area contributed by atoms with Crippen LogP contribution in [0.1, 0.15) is 13.8 Å². The number of nitrogens with one attached hydrogen (secondary N) is 2. The summed E-state index contributed by atoms with van der Waals surface area (Å²) < 4.78 is 1.68. The molecule has 0 aliphatic carbocycles. The van der Waals surface area contributed by atoms with Gasteiger partial charge < -0.3 is 5.32 Å². The average molecular weight is 367 g/mol. The van der Waals surface area contributed by atoms with Crippen LogP contribution >= 0.6 is 11.3 Å². The van der Waals surface area contributed by atoms with E-state index < -0.39 is 0 Å². The maximum Gasteiger partial charge on any atom is 0.250 e. The smallest absolute Gasteiger partial charge is 0.250 e. The summed E-state index contributed by atoms with van der Waals surface area (Å²) in [6.07, 6.45) is 6.66. The quantitative estimate of drug-likeness (QED) is 0.534. The third-order valence-corrected chi connectivity index (χ3v) is 4.18. The molecule has 1 aromatic carbocycles. The van der Waals surface area contributed by atoms with E-state index in [4.69, 9.17) is 0 Å².